The molecular formula is C24H23FN2O4. The van der Waals surface area contributed by atoms with Gasteiger partial charge >= 0.3 is 6.09 Å². The molecule has 1 spiro atoms. The van der Waals surface area contributed by atoms with Gasteiger partial charge in [-0.3, -0.25) is 9.59 Å². The summed E-state index contributed by atoms with van der Waals surface area (Å²) in [5.74, 6) is -1.12. The molecule has 5 rings (SSSR count). The number of imide groups is 1. The molecule has 0 radical (unpaired) electrons. The van der Waals surface area contributed by atoms with Crippen LogP contribution in [-0.2, 0) is 26.3 Å². The molecule has 3 atom stereocenters. The molecule has 31 heavy (non-hydrogen) atoms. The maximum absolute atomic E-state index is 13.3. The highest BCUT2D eigenvalue weighted by atomic mass is 19.1. The van der Waals surface area contributed by atoms with Gasteiger partial charge in [-0.05, 0) is 49.4 Å². The van der Waals surface area contributed by atoms with Crippen molar-refractivity contribution in [3.8, 4) is 0 Å². The number of halogens is 1. The smallest absolute Gasteiger partial charge is 0.418 e. The van der Waals surface area contributed by atoms with Crippen LogP contribution in [-0.4, -0.2) is 40.3 Å². The summed E-state index contributed by atoms with van der Waals surface area (Å²) in [7, 11) is 0. The molecule has 3 amide bonds. The van der Waals surface area contributed by atoms with E-state index in [1.165, 1.54) is 12.1 Å². The molecule has 0 N–H and O–H groups in total. The van der Waals surface area contributed by atoms with Gasteiger partial charge in [0.25, 0.3) is 5.91 Å². The molecule has 3 aliphatic rings. The maximum atomic E-state index is 13.3. The number of amides is 3. The fraction of sp³-hybridized carbons (Fsp3) is 0.375. The average Bonchev–Trinajstić information content (AvgIpc) is 3.40. The van der Waals surface area contributed by atoms with Gasteiger partial charge < -0.3 is 9.64 Å². The number of hydrogen-bond acceptors (Lipinski definition) is 4. The summed E-state index contributed by atoms with van der Waals surface area (Å²) >= 11 is 0. The van der Waals surface area contributed by atoms with Gasteiger partial charge in [0.1, 0.15) is 12.4 Å². The number of likely N-dealkylation sites (tertiary alicyclic amines) is 1. The Morgan fingerprint density at radius 2 is 1.87 bits per heavy atom. The first-order chi connectivity index (χ1) is 14.9. The van der Waals surface area contributed by atoms with Crippen molar-refractivity contribution in [3.05, 3.63) is 71.0 Å². The quantitative estimate of drug-likeness (QED) is 0.757. The summed E-state index contributed by atoms with van der Waals surface area (Å²) in [6, 6.07) is 13.3. The minimum Gasteiger partial charge on any atom is -0.427 e. The number of fused-ring (bicyclic) bond motifs is 2. The van der Waals surface area contributed by atoms with E-state index >= 15 is 0 Å². The Kier molecular flexibility index (Phi) is 4.57. The molecule has 0 bridgehead atoms. The Bertz CT molecular complexity index is 1070. The molecule has 2 aromatic carbocycles. The zero-order valence-electron chi connectivity index (χ0n) is 17.2. The number of benzene rings is 2. The van der Waals surface area contributed by atoms with Gasteiger partial charge in [0.15, 0.2) is 0 Å². The predicted octanol–water partition coefficient (Wildman–Crippen LogP) is 3.70. The van der Waals surface area contributed by atoms with E-state index in [0.717, 1.165) is 28.9 Å². The van der Waals surface area contributed by atoms with Crippen LogP contribution in [0.5, 0.6) is 0 Å². The van der Waals surface area contributed by atoms with Crippen LogP contribution in [0.25, 0.3) is 0 Å². The largest absolute Gasteiger partial charge is 0.427 e. The number of nitrogens with zero attached hydrogens (tertiary/aromatic N) is 2. The average molecular weight is 422 g/mol. The molecule has 1 aliphatic carbocycles. The van der Waals surface area contributed by atoms with E-state index in [4.69, 9.17) is 4.74 Å². The number of ether oxygens (including phenoxy) is 1. The van der Waals surface area contributed by atoms with Crippen LogP contribution in [0.15, 0.2) is 48.5 Å². The molecule has 6 nitrogen and oxygen atoms in total. The third-order valence-electron chi connectivity index (χ3n) is 6.78. The highest BCUT2D eigenvalue weighted by molar-refractivity contribution is 6.06. The molecular weight excluding hydrogens is 399 g/mol. The van der Waals surface area contributed by atoms with Crippen molar-refractivity contribution in [1.82, 2.24) is 9.80 Å². The first kappa shape index (κ1) is 19.7. The first-order valence-corrected chi connectivity index (χ1v) is 10.6. The third-order valence-corrected chi connectivity index (χ3v) is 6.78. The van der Waals surface area contributed by atoms with Crippen LogP contribution >= 0.6 is 0 Å². The first-order valence-electron chi connectivity index (χ1n) is 10.6. The molecule has 2 aromatic rings. The van der Waals surface area contributed by atoms with Crippen molar-refractivity contribution in [2.24, 2.45) is 0 Å². The summed E-state index contributed by atoms with van der Waals surface area (Å²) in [6.45, 7) is 1.59. The topological polar surface area (TPSA) is 66.9 Å². The van der Waals surface area contributed by atoms with Crippen LogP contribution in [0.1, 0.15) is 48.9 Å². The number of hydrogen-bond donors (Lipinski definition) is 0. The fourth-order valence-corrected chi connectivity index (χ4v) is 5.22. The van der Waals surface area contributed by atoms with Gasteiger partial charge in [-0.15, -0.1) is 0 Å². The van der Waals surface area contributed by atoms with E-state index < -0.39 is 17.6 Å². The summed E-state index contributed by atoms with van der Waals surface area (Å²) in [6.07, 6.45) is 1.80. The van der Waals surface area contributed by atoms with Crippen LogP contribution in [0, 0.1) is 5.82 Å². The zero-order chi connectivity index (χ0) is 21.8. The number of aryl methyl sites for hydroxylation is 1. The van der Waals surface area contributed by atoms with Crippen molar-refractivity contribution >= 4 is 17.9 Å². The minimum atomic E-state index is -1.32. The Labute approximate surface area is 179 Å². The van der Waals surface area contributed by atoms with Gasteiger partial charge in [0, 0.05) is 18.0 Å². The highest BCUT2D eigenvalue weighted by Crippen LogP contribution is 2.45. The second kappa shape index (κ2) is 7.18. The second-order valence-corrected chi connectivity index (χ2v) is 8.54. The van der Waals surface area contributed by atoms with Gasteiger partial charge in [-0.2, -0.15) is 0 Å². The highest BCUT2D eigenvalue weighted by Gasteiger charge is 2.58. The van der Waals surface area contributed by atoms with Gasteiger partial charge in [-0.25, -0.2) is 14.1 Å². The van der Waals surface area contributed by atoms with Crippen LogP contribution in [0.2, 0.25) is 0 Å². The Hall–Kier alpha value is -3.22. The molecule has 0 saturated carbocycles. The minimum absolute atomic E-state index is 0.0440. The lowest BCUT2D eigenvalue weighted by Crippen LogP contribution is -2.46. The molecule has 2 heterocycles. The lowest BCUT2D eigenvalue weighted by molar-refractivity contribution is -0.143. The van der Waals surface area contributed by atoms with E-state index in [0.29, 0.717) is 18.4 Å². The van der Waals surface area contributed by atoms with Crippen molar-refractivity contribution < 1.29 is 23.5 Å². The summed E-state index contributed by atoms with van der Waals surface area (Å²) < 4.78 is 18.9. The summed E-state index contributed by atoms with van der Waals surface area (Å²) in [5, 5.41) is 0. The van der Waals surface area contributed by atoms with Gasteiger partial charge in [0.2, 0.25) is 11.5 Å². The summed E-state index contributed by atoms with van der Waals surface area (Å²) in [5.41, 5.74) is 1.22. The Morgan fingerprint density at radius 1 is 1.13 bits per heavy atom. The van der Waals surface area contributed by atoms with Crippen LogP contribution in [0.4, 0.5) is 9.18 Å². The number of carbonyl (C=O) groups is 3. The monoisotopic (exact) mass is 422 g/mol. The molecule has 0 aromatic heterocycles. The van der Waals surface area contributed by atoms with E-state index in [2.05, 4.69) is 0 Å². The van der Waals surface area contributed by atoms with E-state index in [1.807, 2.05) is 31.2 Å². The lowest BCUT2D eigenvalue weighted by Gasteiger charge is -2.30. The normalized spacial score (nSPS) is 27.2. The van der Waals surface area contributed by atoms with Gasteiger partial charge in [-0.1, -0.05) is 36.4 Å². The van der Waals surface area contributed by atoms with E-state index in [-0.39, 0.29) is 30.4 Å². The zero-order valence-corrected chi connectivity index (χ0v) is 17.2. The Balaban J connectivity index is 1.38. The molecule has 2 saturated heterocycles. The number of carbonyl (C=O) groups excluding carboxylic acids is 3. The lowest BCUT2D eigenvalue weighted by atomic mass is 9.95. The molecule has 160 valence electrons. The standard InChI is InChI=1S/C24H23FN2O4/c1-15-6-11-20(17-7-9-18(25)10-8-17)27(15)21(28)14-26-22(29)24(31-23(26)30)13-12-16-4-2-3-5-19(16)24/h2-5,7-10,15,20H,6,11-14H2,1H3/t15-,20-,24?/m0/s1. The van der Waals surface area contributed by atoms with Crippen LogP contribution in [0.3, 0.4) is 0 Å². The molecule has 2 fully saturated rings. The molecule has 2 aliphatic heterocycles. The summed E-state index contributed by atoms with van der Waals surface area (Å²) in [4.78, 5) is 41.8. The predicted molar refractivity (Wildman–Crippen MR) is 109 cm³/mol. The van der Waals surface area contributed by atoms with Crippen molar-refractivity contribution in [2.45, 2.75) is 50.3 Å². The molecule has 7 heteroatoms. The fourth-order valence-electron chi connectivity index (χ4n) is 5.22. The molecule has 1 unspecified atom stereocenters. The van der Waals surface area contributed by atoms with Crippen molar-refractivity contribution in [1.29, 1.82) is 0 Å². The second-order valence-electron chi connectivity index (χ2n) is 8.54. The maximum Gasteiger partial charge on any atom is 0.418 e. The van der Waals surface area contributed by atoms with Crippen LogP contribution < -0.4 is 0 Å². The SMILES string of the molecule is C[C@H]1CC[C@@H](c2ccc(F)cc2)N1C(=O)CN1C(=O)OC2(CCc3ccccc32)C1=O. The van der Waals surface area contributed by atoms with E-state index in [1.54, 1.807) is 17.0 Å². The van der Waals surface area contributed by atoms with E-state index in [9.17, 15) is 18.8 Å². The van der Waals surface area contributed by atoms with Gasteiger partial charge in [0.05, 0.1) is 6.04 Å². The van der Waals surface area contributed by atoms with Crippen molar-refractivity contribution in [3.63, 3.8) is 0 Å². The van der Waals surface area contributed by atoms with Crippen molar-refractivity contribution in [2.75, 3.05) is 6.54 Å². The Morgan fingerprint density at radius 3 is 2.65 bits per heavy atom. The number of rotatable bonds is 3. The third kappa shape index (κ3) is 3.02.